The van der Waals surface area contributed by atoms with Crippen molar-refractivity contribution in [2.75, 3.05) is 13.2 Å². The molecule has 1 aliphatic heterocycles. The minimum absolute atomic E-state index is 0.884. The van der Waals surface area contributed by atoms with Gasteiger partial charge in [0.15, 0.2) is 0 Å². The van der Waals surface area contributed by atoms with Crippen LogP contribution in [-0.2, 0) is 0 Å². The summed E-state index contributed by atoms with van der Waals surface area (Å²) in [5.41, 5.74) is 0. The lowest BCUT2D eigenvalue weighted by atomic mass is 10.5. The molecule has 2 nitrogen and oxygen atoms in total. The van der Waals surface area contributed by atoms with E-state index in [9.17, 15) is 0 Å². The van der Waals surface area contributed by atoms with Crippen molar-refractivity contribution in [1.82, 2.24) is 10.6 Å². The standard InChI is InChI=1S/C4H7BrN2/c5-4-1-6-3-7-2-4/h1,6-7H,2-3H2. The van der Waals surface area contributed by atoms with E-state index in [1.54, 1.807) is 0 Å². The minimum Gasteiger partial charge on any atom is -0.378 e. The summed E-state index contributed by atoms with van der Waals surface area (Å²) in [4.78, 5) is 0. The van der Waals surface area contributed by atoms with Crippen LogP contribution in [0.5, 0.6) is 0 Å². The zero-order valence-electron chi connectivity index (χ0n) is 3.87. The van der Waals surface area contributed by atoms with Gasteiger partial charge in [0.25, 0.3) is 0 Å². The molecule has 0 fully saturated rings. The van der Waals surface area contributed by atoms with Gasteiger partial charge in [0, 0.05) is 17.2 Å². The average Bonchev–Trinajstić information content (AvgIpc) is 1.69. The van der Waals surface area contributed by atoms with E-state index in [-0.39, 0.29) is 0 Å². The first kappa shape index (κ1) is 5.12. The summed E-state index contributed by atoms with van der Waals surface area (Å²) >= 11 is 3.32. The number of nitrogens with one attached hydrogen (secondary N) is 2. The van der Waals surface area contributed by atoms with Crippen molar-refractivity contribution in [2.24, 2.45) is 0 Å². The van der Waals surface area contributed by atoms with Crippen molar-refractivity contribution in [3.8, 4) is 0 Å². The summed E-state index contributed by atoms with van der Waals surface area (Å²) in [5, 5.41) is 6.12. The summed E-state index contributed by atoms with van der Waals surface area (Å²) in [6.45, 7) is 1.84. The molecule has 1 rings (SSSR count). The highest BCUT2D eigenvalue weighted by molar-refractivity contribution is 9.11. The van der Waals surface area contributed by atoms with Gasteiger partial charge in [-0.25, -0.2) is 0 Å². The van der Waals surface area contributed by atoms with Crippen molar-refractivity contribution in [3.05, 3.63) is 10.7 Å². The highest BCUT2D eigenvalue weighted by Gasteiger charge is 1.93. The molecule has 0 bridgehead atoms. The maximum atomic E-state index is 3.32. The Bertz CT molecular complexity index is 89.7. The maximum Gasteiger partial charge on any atom is 0.0651 e. The van der Waals surface area contributed by atoms with Gasteiger partial charge in [-0.1, -0.05) is 15.9 Å². The van der Waals surface area contributed by atoms with Gasteiger partial charge < -0.3 is 5.32 Å². The normalized spacial score (nSPS) is 20.4. The molecule has 0 saturated heterocycles. The van der Waals surface area contributed by atoms with Gasteiger partial charge in [-0.2, -0.15) is 0 Å². The molecule has 40 valence electrons. The Kier molecular flexibility index (Phi) is 1.70. The monoisotopic (exact) mass is 162 g/mol. The molecule has 0 amide bonds. The van der Waals surface area contributed by atoms with E-state index in [1.807, 2.05) is 6.20 Å². The van der Waals surface area contributed by atoms with Gasteiger partial charge in [-0.3, -0.25) is 5.32 Å². The molecule has 0 spiro atoms. The first-order valence-electron chi connectivity index (χ1n) is 2.18. The average molecular weight is 163 g/mol. The Morgan fingerprint density at radius 2 is 2.57 bits per heavy atom. The lowest BCUT2D eigenvalue weighted by Gasteiger charge is -2.09. The van der Waals surface area contributed by atoms with Crippen LogP contribution >= 0.6 is 15.9 Å². The van der Waals surface area contributed by atoms with Crippen molar-refractivity contribution < 1.29 is 0 Å². The Hall–Kier alpha value is -0.0200. The van der Waals surface area contributed by atoms with E-state index < -0.39 is 0 Å². The van der Waals surface area contributed by atoms with E-state index in [4.69, 9.17) is 0 Å². The molecule has 0 aliphatic carbocycles. The topological polar surface area (TPSA) is 24.1 Å². The van der Waals surface area contributed by atoms with Gasteiger partial charge in [0.05, 0.1) is 6.67 Å². The first-order chi connectivity index (χ1) is 3.39. The number of hydrogen-bond acceptors (Lipinski definition) is 2. The summed E-state index contributed by atoms with van der Waals surface area (Å²) in [6.07, 6.45) is 1.95. The third kappa shape index (κ3) is 1.49. The lowest BCUT2D eigenvalue weighted by molar-refractivity contribution is 0.665. The molecule has 3 heteroatoms. The molecule has 7 heavy (non-hydrogen) atoms. The summed E-state index contributed by atoms with van der Waals surface area (Å²) in [7, 11) is 0. The SMILES string of the molecule is BrC1=CNCNC1. The van der Waals surface area contributed by atoms with Crippen LogP contribution in [0.1, 0.15) is 0 Å². The molecule has 2 N–H and O–H groups in total. The zero-order valence-corrected chi connectivity index (χ0v) is 5.46. The van der Waals surface area contributed by atoms with Crippen LogP contribution in [0.15, 0.2) is 10.7 Å². The third-order valence-corrected chi connectivity index (χ3v) is 1.29. The smallest absolute Gasteiger partial charge is 0.0651 e. The summed E-state index contributed by atoms with van der Waals surface area (Å²) in [5.74, 6) is 0. The van der Waals surface area contributed by atoms with Crippen LogP contribution in [0.25, 0.3) is 0 Å². The number of rotatable bonds is 0. The minimum atomic E-state index is 0.884. The fraction of sp³-hybridized carbons (Fsp3) is 0.500. The molecular formula is C4H7BrN2. The highest BCUT2D eigenvalue weighted by Crippen LogP contribution is 2.01. The van der Waals surface area contributed by atoms with Crippen LogP contribution in [0, 0.1) is 0 Å². The molecule has 0 unspecified atom stereocenters. The van der Waals surface area contributed by atoms with Crippen LogP contribution in [0.4, 0.5) is 0 Å². The fourth-order valence-corrected chi connectivity index (χ4v) is 0.827. The second kappa shape index (κ2) is 2.33. The van der Waals surface area contributed by atoms with Gasteiger partial charge >= 0.3 is 0 Å². The zero-order chi connectivity index (χ0) is 5.11. The van der Waals surface area contributed by atoms with E-state index in [0.717, 1.165) is 13.2 Å². The summed E-state index contributed by atoms with van der Waals surface area (Å²) < 4.78 is 1.18. The van der Waals surface area contributed by atoms with Crippen LogP contribution in [-0.4, -0.2) is 13.2 Å². The van der Waals surface area contributed by atoms with Crippen LogP contribution < -0.4 is 10.6 Å². The van der Waals surface area contributed by atoms with Crippen LogP contribution in [0.3, 0.4) is 0 Å². The second-order valence-corrected chi connectivity index (χ2v) is 2.42. The van der Waals surface area contributed by atoms with Crippen molar-refractivity contribution >= 4 is 15.9 Å². The van der Waals surface area contributed by atoms with Gasteiger partial charge in [0.2, 0.25) is 0 Å². The molecular weight excluding hydrogens is 156 g/mol. The molecule has 0 aromatic heterocycles. The molecule has 0 radical (unpaired) electrons. The Morgan fingerprint density at radius 1 is 1.71 bits per heavy atom. The Labute approximate surface area is 51.1 Å². The van der Waals surface area contributed by atoms with Gasteiger partial charge in [0.1, 0.15) is 0 Å². The highest BCUT2D eigenvalue weighted by atomic mass is 79.9. The van der Waals surface area contributed by atoms with E-state index in [0.29, 0.717) is 0 Å². The van der Waals surface area contributed by atoms with E-state index in [1.165, 1.54) is 4.48 Å². The fourth-order valence-electron chi connectivity index (χ4n) is 0.467. The van der Waals surface area contributed by atoms with E-state index in [2.05, 4.69) is 26.6 Å². The predicted octanol–water partition coefficient (Wildman–Crippen LogP) is 0.373. The van der Waals surface area contributed by atoms with Gasteiger partial charge in [-0.15, -0.1) is 0 Å². The Balaban J connectivity index is 2.40. The molecule has 0 aromatic rings. The molecule has 0 aromatic carbocycles. The lowest BCUT2D eigenvalue weighted by Crippen LogP contribution is -2.31. The van der Waals surface area contributed by atoms with Crippen LogP contribution in [0.2, 0.25) is 0 Å². The quantitative estimate of drug-likeness (QED) is 0.539. The first-order valence-corrected chi connectivity index (χ1v) is 2.97. The predicted molar refractivity (Wildman–Crippen MR) is 33.0 cm³/mol. The molecule has 0 atom stereocenters. The summed E-state index contributed by atoms with van der Waals surface area (Å²) in [6, 6.07) is 0. The molecule has 1 heterocycles. The molecule has 1 aliphatic rings. The maximum absolute atomic E-state index is 3.32. The largest absolute Gasteiger partial charge is 0.378 e. The van der Waals surface area contributed by atoms with Crippen molar-refractivity contribution in [3.63, 3.8) is 0 Å². The third-order valence-electron chi connectivity index (χ3n) is 0.780. The second-order valence-electron chi connectivity index (χ2n) is 1.40. The molecule has 0 saturated carbocycles. The van der Waals surface area contributed by atoms with Gasteiger partial charge in [-0.05, 0) is 0 Å². The van der Waals surface area contributed by atoms with Crippen molar-refractivity contribution in [2.45, 2.75) is 0 Å². The number of halogens is 1. The Morgan fingerprint density at radius 3 is 2.86 bits per heavy atom. The number of hydrogen-bond donors (Lipinski definition) is 2. The van der Waals surface area contributed by atoms with E-state index >= 15 is 0 Å². The van der Waals surface area contributed by atoms with Crippen molar-refractivity contribution in [1.29, 1.82) is 0 Å².